The molecule has 3 N–H and O–H groups in total. The van der Waals surface area contributed by atoms with Crippen LogP contribution >= 0.6 is 0 Å². The molecule has 1 aromatic carbocycles. The Morgan fingerprint density at radius 2 is 2.00 bits per heavy atom. The van der Waals surface area contributed by atoms with E-state index < -0.39 is 16.1 Å². The zero-order chi connectivity index (χ0) is 11.5. The predicted octanol–water partition coefficient (Wildman–Crippen LogP) is 0.0522. The molecule has 0 aromatic heterocycles. The molecule has 0 heterocycles. The number of amides is 1. The van der Waals surface area contributed by atoms with Crippen molar-refractivity contribution in [2.24, 2.45) is 5.14 Å². The summed E-state index contributed by atoms with van der Waals surface area (Å²) in [5, 5.41) is 7.13. The third kappa shape index (κ3) is 2.93. The van der Waals surface area contributed by atoms with Gasteiger partial charge in [-0.25, -0.2) is 18.4 Å². The average Bonchev–Trinajstić information content (AvgIpc) is 2.17. The molecule has 0 aliphatic heterocycles. The van der Waals surface area contributed by atoms with Crippen molar-refractivity contribution in [3.05, 3.63) is 24.3 Å². The van der Waals surface area contributed by atoms with Gasteiger partial charge in [0.15, 0.2) is 5.75 Å². The van der Waals surface area contributed by atoms with Crippen LogP contribution in [0.25, 0.3) is 0 Å². The van der Waals surface area contributed by atoms with Crippen LogP contribution in [-0.2, 0) is 10.0 Å². The Morgan fingerprint density at radius 3 is 2.53 bits per heavy atom. The van der Waals surface area contributed by atoms with Crippen molar-refractivity contribution in [1.29, 1.82) is 0 Å². The van der Waals surface area contributed by atoms with Gasteiger partial charge in [0.05, 0.1) is 0 Å². The zero-order valence-electron chi connectivity index (χ0n) is 7.93. The molecule has 0 aliphatic rings. The molecule has 0 saturated heterocycles. The molecule has 0 aliphatic carbocycles. The van der Waals surface area contributed by atoms with Gasteiger partial charge in [-0.3, -0.25) is 0 Å². The molecule has 0 saturated carbocycles. The molecule has 1 rings (SSSR count). The Balaban J connectivity index is 3.13. The Hall–Kier alpha value is -1.60. The first-order valence-corrected chi connectivity index (χ1v) is 5.51. The maximum absolute atomic E-state index is 11.1. The molecule has 0 bridgehead atoms. The van der Waals surface area contributed by atoms with Gasteiger partial charge < -0.3 is 10.1 Å². The molecule has 0 spiro atoms. The van der Waals surface area contributed by atoms with E-state index >= 15 is 0 Å². The van der Waals surface area contributed by atoms with Gasteiger partial charge in [0.2, 0.25) is 10.0 Å². The van der Waals surface area contributed by atoms with Crippen LogP contribution in [0.1, 0.15) is 0 Å². The second-order valence-electron chi connectivity index (χ2n) is 2.63. The molecular formula is C8H10N2O4S. The van der Waals surface area contributed by atoms with Gasteiger partial charge in [-0.05, 0) is 12.1 Å². The predicted molar refractivity (Wildman–Crippen MR) is 52.9 cm³/mol. The molecule has 1 amide bonds. The standard InChI is InChI=1S/C8H10N2O4S/c1-10-8(11)14-6-4-2-3-5-7(6)15(9,12)13/h2-5H,1H3,(H,10,11)(H2,9,12,13). The van der Waals surface area contributed by atoms with Crippen LogP contribution in [0.2, 0.25) is 0 Å². The maximum Gasteiger partial charge on any atom is 0.412 e. The highest BCUT2D eigenvalue weighted by molar-refractivity contribution is 7.89. The molecule has 7 heteroatoms. The minimum absolute atomic E-state index is 0.0978. The summed E-state index contributed by atoms with van der Waals surface area (Å²) in [5.41, 5.74) is 0. The van der Waals surface area contributed by atoms with Crippen molar-refractivity contribution in [3.63, 3.8) is 0 Å². The van der Waals surface area contributed by atoms with Gasteiger partial charge in [-0.1, -0.05) is 12.1 Å². The molecule has 0 fully saturated rings. The number of carbonyl (C=O) groups is 1. The highest BCUT2D eigenvalue weighted by Gasteiger charge is 2.16. The smallest absolute Gasteiger partial charge is 0.409 e. The summed E-state index contributed by atoms with van der Waals surface area (Å²) in [7, 11) is -2.53. The van der Waals surface area contributed by atoms with E-state index in [0.29, 0.717) is 0 Å². The molecular weight excluding hydrogens is 220 g/mol. The number of primary sulfonamides is 1. The van der Waals surface area contributed by atoms with Crippen molar-refractivity contribution in [2.45, 2.75) is 4.90 Å². The number of benzene rings is 1. The fraction of sp³-hybridized carbons (Fsp3) is 0.125. The third-order valence-electron chi connectivity index (χ3n) is 1.56. The lowest BCUT2D eigenvalue weighted by molar-refractivity contribution is 0.202. The van der Waals surface area contributed by atoms with Crippen molar-refractivity contribution < 1.29 is 17.9 Å². The van der Waals surface area contributed by atoms with Crippen molar-refractivity contribution in [3.8, 4) is 5.75 Å². The molecule has 1 aromatic rings. The third-order valence-corrected chi connectivity index (χ3v) is 2.51. The summed E-state index contributed by atoms with van der Waals surface area (Å²) < 4.78 is 26.9. The van der Waals surface area contributed by atoms with Crippen LogP contribution in [-0.4, -0.2) is 21.6 Å². The summed E-state index contributed by atoms with van der Waals surface area (Å²) in [6, 6.07) is 5.62. The number of ether oxygens (including phenoxy) is 1. The number of rotatable bonds is 2. The first kappa shape index (κ1) is 11.5. The minimum Gasteiger partial charge on any atom is -0.409 e. The van der Waals surface area contributed by atoms with E-state index in [2.05, 4.69) is 5.32 Å². The van der Waals surface area contributed by atoms with Crippen molar-refractivity contribution >= 4 is 16.1 Å². The van der Waals surface area contributed by atoms with E-state index in [1.54, 1.807) is 0 Å². The number of nitrogens with two attached hydrogens (primary N) is 1. The number of nitrogens with one attached hydrogen (secondary N) is 1. The van der Waals surface area contributed by atoms with Crippen LogP contribution in [0, 0.1) is 0 Å². The molecule has 15 heavy (non-hydrogen) atoms. The fourth-order valence-electron chi connectivity index (χ4n) is 0.920. The quantitative estimate of drug-likeness (QED) is 0.750. The number of sulfonamides is 1. The maximum atomic E-state index is 11.1. The lowest BCUT2D eigenvalue weighted by Gasteiger charge is -2.07. The van der Waals surface area contributed by atoms with E-state index in [9.17, 15) is 13.2 Å². The highest BCUT2D eigenvalue weighted by atomic mass is 32.2. The van der Waals surface area contributed by atoms with Gasteiger partial charge in [-0.15, -0.1) is 0 Å². The monoisotopic (exact) mass is 230 g/mol. The number of hydrogen-bond donors (Lipinski definition) is 2. The number of para-hydroxylation sites is 1. The molecule has 82 valence electrons. The Labute approximate surface area is 87.1 Å². The number of hydrogen-bond acceptors (Lipinski definition) is 4. The van der Waals surface area contributed by atoms with Crippen molar-refractivity contribution in [2.75, 3.05) is 7.05 Å². The molecule has 0 radical (unpaired) electrons. The second-order valence-corrected chi connectivity index (χ2v) is 4.16. The van der Waals surface area contributed by atoms with Crippen LogP contribution in [0.5, 0.6) is 5.75 Å². The first-order valence-electron chi connectivity index (χ1n) is 3.96. The average molecular weight is 230 g/mol. The first-order chi connectivity index (χ1) is 6.95. The summed E-state index contributed by atoms with van der Waals surface area (Å²) >= 11 is 0. The van der Waals surface area contributed by atoms with Gasteiger partial charge in [0.1, 0.15) is 4.90 Å². The van der Waals surface area contributed by atoms with Crippen molar-refractivity contribution in [1.82, 2.24) is 5.32 Å². The van der Waals surface area contributed by atoms with E-state index in [1.807, 2.05) is 0 Å². The Bertz CT molecular complexity index is 469. The molecule has 6 nitrogen and oxygen atoms in total. The Kier molecular flexibility index (Phi) is 3.28. The van der Waals surface area contributed by atoms with Crippen LogP contribution in [0.15, 0.2) is 29.2 Å². The van der Waals surface area contributed by atoms with E-state index in [1.165, 1.54) is 31.3 Å². The van der Waals surface area contributed by atoms with Gasteiger partial charge in [-0.2, -0.15) is 0 Å². The fourth-order valence-corrected chi connectivity index (χ4v) is 1.58. The summed E-state index contributed by atoms with van der Waals surface area (Å²) in [4.78, 5) is 10.7. The zero-order valence-corrected chi connectivity index (χ0v) is 8.74. The molecule has 0 atom stereocenters. The lowest BCUT2D eigenvalue weighted by atomic mass is 10.3. The van der Waals surface area contributed by atoms with Crippen LogP contribution < -0.4 is 15.2 Å². The topological polar surface area (TPSA) is 98.5 Å². The second kappa shape index (κ2) is 4.28. The highest BCUT2D eigenvalue weighted by Crippen LogP contribution is 2.21. The Morgan fingerprint density at radius 1 is 1.40 bits per heavy atom. The summed E-state index contributed by atoms with van der Waals surface area (Å²) in [6.45, 7) is 0. The minimum atomic E-state index is -3.89. The lowest BCUT2D eigenvalue weighted by Crippen LogP contribution is -2.23. The van der Waals surface area contributed by atoms with Gasteiger partial charge >= 0.3 is 6.09 Å². The van der Waals surface area contributed by atoms with E-state index in [4.69, 9.17) is 9.88 Å². The van der Waals surface area contributed by atoms with Crippen LogP contribution in [0.4, 0.5) is 4.79 Å². The SMILES string of the molecule is CNC(=O)Oc1ccccc1S(N)(=O)=O. The van der Waals surface area contributed by atoms with Crippen LogP contribution in [0.3, 0.4) is 0 Å². The summed E-state index contributed by atoms with van der Waals surface area (Å²) in [5.74, 6) is -0.0978. The normalized spacial score (nSPS) is 10.8. The largest absolute Gasteiger partial charge is 0.412 e. The van der Waals surface area contributed by atoms with Gasteiger partial charge in [0.25, 0.3) is 0 Å². The molecule has 0 unspecified atom stereocenters. The van der Waals surface area contributed by atoms with E-state index in [0.717, 1.165) is 0 Å². The number of carbonyl (C=O) groups excluding carboxylic acids is 1. The summed E-state index contributed by atoms with van der Waals surface area (Å²) in [6.07, 6.45) is -0.758. The van der Waals surface area contributed by atoms with E-state index in [-0.39, 0.29) is 10.6 Å². The van der Waals surface area contributed by atoms with Gasteiger partial charge in [0, 0.05) is 7.05 Å².